The quantitative estimate of drug-likeness (QED) is 0.300. The van der Waals surface area contributed by atoms with Crippen LogP contribution in [0.2, 0.25) is 5.02 Å². The van der Waals surface area contributed by atoms with Crippen LogP contribution in [0.3, 0.4) is 0 Å². The molecule has 0 unspecified atom stereocenters. The molecule has 0 bridgehead atoms. The van der Waals surface area contributed by atoms with Crippen LogP contribution in [0, 0.1) is 0 Å². The molecule has 0 saturated heterocycles. The van der Waals surface area contributed by atoms with Crippen molar-refractivity contribution in [1.82, 2.24) is 0 Å². The maximum absolute atomic E-state index is 12.6. The molecule has 8 nitrogen and oxygen atoms in total. The largest absolute Gasteiger partial charge is 0.540 e. The first-order chi connectivity index (χ1) is 16.5. The van der Waals surface area contributed by atoms with Crippen LogP contribution in [0.1, 0.15) is 21.5 Å². The summed E-state index contributed by atoms with van der Waals surface area (Å²) in [7, 11) is 4.35. The molecule has 176 valence electrons. The van der Waals surface area contributed by atoms with E-state index in [1.165, 1.54) is 14.1 Å². The molecule has 0 amide bonds. The highest BCUT2D eigenvalue weighted by molar-refractivity contribution is 6.33. The normalized spacial score (nSPS) is 10.2. The molecule has 3 rings (SSSR count). The topological polar surface area (TPSA) is 89.5 Å². The van der Waals surface area contributed by atoms with Crippen LogP contribution in [0.4, 0.5) is 0 Å². The minimum absolute atomic E-state index is 0.0194. The van der Waals surface area contributed by atoms with Crippen molar-refractivity contribution in [3.63, 3.8) is 0 Å². The summed E-state index contributed by atoms with van der Waals surface area (Å²) in [6.45, 7) is 0.390. The number of benzene rings is 3. The molecule has 10 heteroatoms. The van der Waals surface area contributed by atoms with Gasteiger partial charge in [-0.2, -0.15) is 0 Å². The summed E-state index contributed by atoms with van der Waals surface area (Å²) in [5.41, 5.74) is 1.47. The van der Waals surface area contributed by atoms with Gasteiger partial charge in [0.1, 0.15) is 30.3 Å². The Morgan fingerprint density at radius 2 is 1.41 bits per heavy atom. The zero-order valence-electron chi connectivity index (χ0n) is 18.8. The van der Waals surface area contributed by atoms with E-state index in [-0.39, 0.29) is 47.5 Å². The maximum Gasteiger partial charge on any atom is 0.327 e. The number of hydrogen-bond acceptors (Lipinski definition) is 8. The number of ether oxygens (including phenoxy) is 5. The van der Waals surface area contributed by atoms with Gasteiger partial charge in [-0.25, -0.2) is 4.79 Å². The number of hydrogen-bond donors (Lipinski definition) is 0. The molecule has 0 aromatic heterocycles. The van der Waals surface area contributed by atoms with Crippen molar-refractivity contribution in [2.24, 2.45) is 0 Å². The van der Waals surface area contributed by atoms with E-state index in [1.54, 1.807) is 38.5 Å². The van der Waals surface area contributed by atoms with Gasteiger partial charge in [0.2, 0.25) is 0 Å². The maximum atomic E-state index is 12.6. The third-order valence-corrected chi connectivity index (χ3v) is 5.08. The van der Waals surface area contributed by atoms with Crippen molar-refractivity contribution in [3.05, 3.63) is 76.3 Å². The predicted octanol–water partition coefficient (Wildman–Crippen LogP) is 3.76. The Morgan fingerprint density at radius 1 is 0.882 bits per heavy atom. The highest BCUT2D eigenvalue weighted by Gasteiger charge is 2.27. The van der Waals surface area contributed by atoms with Crippen molar-refractivity contribution in [2.75, 3.05) is 14.2 Å². The first-order valence-electron chi connectivity index (χ1n) is 10.1. The van der Waals surface area contributed by atoms with Gasteiger partial charge in [0, 0.05) is 6.07 Å². The van der Waals surface area contributed by atoms with Crippen molar-refractivity contribution in [2.45, 2.75) is 13.2 Å². The molecule has 0 N–H and O–H groups in total. The van der Waals surface area contributed by atoms with E-state index in [0.717, 1.165) is 11.1 Å². The van der Waals surface area contributed by atoms with Crippen LogP contribution >= 0.6 is 11.6 Å². The molecule has 0 aliphatic heterocycles. The van der Waals surface area contributed by atoms with Crippen molar-refractivity contribution < 1.29 is 37.9 Å². The third kappa shape index (κ3) is 5.93. The number of methoxy groups -OCH3 is 2. The fourth-order valence-electron chi connectivity index (χ4n) is 3.05. The Kier molecular flexibility index (Phi) is 8.64. The molecule has 3 aromatic rings. The van der Waals surface area contributed by atoms with Gasteiger partial charge < -0.3 is 28.3 Å². The van der Waals surface area contributed by atoms with Crippen LogP contribution in [0.25, 0.3) is 0 Å². The second-order valence-corrected chi connectivity index (χ2v) is 7.28. The fourth-order valence-corrected chi connectivity index (χ4v) is 3.29. The van der Waals surface area contributed by atoms with E-state index in [1.807, 2.05) is 24.3 Å². The van der Waals surface area contributed by atoms with Crippen molar-refractivity contribution in [1.29, 1.82) is 0 Å². The Bertz CT molecular complexity index is 1130. The van der Waals surface area contributed by atoms with Gasteiger partial charge in [-0.05, 0) is 35.4 Å². The van der Waals surface area contributed by atoms with Crippen LogP contribution in [0.15, 0.2) is 54.6 Å². The van der Waals surface area contributed by atoms with Gasteiger partial charge in [0.25, 0.3) is 6.47 Å². The van der Waals surface area contributed by atoms with Crippen LogP contribution in [0.5, 0.6) is 28.7 Å². The van der Waals surface area contributed by atoms with Gasteiger partial charge in [0.15, 0.2) is 17.2 Å². The average molecular weight is 485 g/mol. The number of halogens is 1. The summed E-state index contributed by atoms with van der Waals surface area (Å²) in [5.74, 6) is 0.600. The van der Waals surface area contributed by atoms with Crippen LogP contribution < -0.4 is 23.7 Å². The molecular weight excluding hydrogens is 463 g/mol. The van der Waals surface area contributed by atoms with E-state index in [0.29, 0.717) is 11.5 Å². The molecule has 0 radical (unpaired) electrons. The SMILES string of the molecule is BOC(=O)c1c(OC=O)c(Cl)cc(OCc2ccc(OC)cc2)c1OCc1ccc(OC)cc1. The lowest BCUT2D eigenvalue weighted by Crippen LogP contribution is -2.11. The minimum Gasteiger partial charge on any atom is -0.540 e. The monoisotopic (exact) mass is 484 g/mol. The smallest absolute Gasteiger partial charge is 0.327 e. The first kappa shape index (κ1) is 24.8. The van der Waals surface area contributed by atoms with Crippen LogP contribution in [-0.4, -0.2) is 34.7 Å². The fraction of sp³-hybridized carbons (Fsp3) is 0.167. The molecule has 0 fully saturated rings. The average Bonchev–Trinajstić information content (AvgIpc) is 2.88. The Balaban J connectivity index is 1.97. The molecule has 0 heterocycles. The molecule has 0 aliphatic carbocycles. The van der Waals surface area contributed by atoms with Crippen molar-refractivity contribution in [3.8, 4) is 28.7 Å². The molecule has 0 aliphatic rings. The van der Waals surface area contributed by atoms with Gasteiger partial charge in [-0.3, -0.25) is 4.79 Å². The molecule has 34 heavy (non-hydrogen) atoms. The molecular formula is C24H22BClO8. The van der Waals surface area contributed by atoms with Gasteiger partial charge in [-0.1, -0.05) is 35.9 Å². The summed E-state index contributed by atoms with van der Waals surface area (Å²) in [6.07, 6.45) is 0. The van der Waals surface area contributed by atoms with Crippen molar-refractivity contribution >= 4 is 32.1 Å². The first-order valence-corrected chi connectivity index (χ1v) is 10.4. The summed E-state index contributed by atoms with van der Waals surface area (Å²) < 4.78 is 32.1. The number of carbonyl (C=O) groups excluding carboxylic acids is 2. The summed E-state index contributed by atoms with van der Waals surface area (Å²) >= 11 is 6.30. The van der Waals surface area contributed by atoms with E-state index in [9.17, 15) is 9.59 Å². The van der Waals surface area contributed by atoms with Gasteiger partial charge >= 0.3 is 14.0 Å². The van der Waals surface area contributed by atoms with Gasteiger partial charge in [-0.15, -0.1) is 0 Å². The number of carbonyl (C=O) groups is 2. The lowest BCUT2D eigenvalue weighted by atomic mass is 10.1. The molecule has 3 aromatic carbocycles. The Labute approximate surface area is 202 Å². The van der Waals surface area contributed by atoms with Gasteiger partial charge in [0.05, 0.1) is 19.2 Å². The van der Waals surface area contributed by atoms with E-state index >= 15 is 0 Å². The second-order valence-electron chi connectivity index (χ2n) is 6.87. The minimum atomic E-state index is -0.807. The third-order valence-electron chi connectivity index (χ3n) is 4.80. The summed E-state index contributed by atoms with van der Waals surface area (Å²) in [4.78, 5) is 23.7. The van der Waals surface area contributed by atoms with Crippen LogP contribution in [-0.2, 0) is 22.7 Å². The zero-order chi connectivity index (χ0) is 24.5. The van der Waals surface area contributed by atoms with E-state index in [4.69, 9.17) is 39.9 Å². The Hall–Kier alpha value is -3.85. The second kappa shape index (κ2) is 11.9. The predicted molar refractivity (Wildman–Crippen MR) is 127 cm³/mol. The molecule has 0 atom stereocenters. The van der Waals surface area contributed by atoms with E-state index < -0.39 is 5.97 Å². The Morgan fingerprint density at radius 3 is 1.88 bits per heavy atom. The summed E-state index contributed by atoms with van der Waals surface area (Å²) in [5, 5.41) is -0.0194. The standard InChI is InChI=1S/C24H22BClO8/c1-29-17-7-3-15(4-8-17)12-31-20-11-19(26)22(33-14-27)21(24(28)34-25)23(20)32-13-16-5-9-18(30-2)10-6-16/h3-11,14H,12-13,25H2,1-2H3. The lowest BCUT2D eigenvalue weighted by Gasteiger charge is -2.19. The molecule has 0 spiro atoms. The molecule has 0 saturated carbocycles. The highest BCUT2D eigenvalue weighted by atomic mass is 35.5. The van der Waals surface area contributed by atoms with E-state index in [2.05, 4.69) is 0 Å². The highest BCUT2D eigenvalue weighted by Crippen LogP contribution is 2.44. The zero-order valence-corrected chi connectivity index (χ0v) is 19.6. The summed E-state index contributed by atoms with van der Waals surface area (Å²) in [6, 6.07) is 15.9. The number of rotatable bonds is 11. The lowest BCUT2D eigenvalue weighted by molar-refractivity contribution is -0.120.